The van der Waals surface area contributed by atoms with Crippen molar-refractivity contribution in [1.82, 2.24) is 25.3 Å². The van der Waals surface area contributed by atoms with Crippen molar-refractivity contribution >= 4 is 23.3 Å². The van der Waals surface area contributed by atoms with Gasteiger partial charge in [-0.3, -0.25) is 9.48 Å². The molecule has 8 nitrogen and oxygen atoms in total. The second kappa shape index (κ2) is 9.98. The average Bonchev–Trinajstić information content (AvgIpc) is 3.57. The lowest BCUT2D eigenvalue weighted by molar-refractivity contribution is -0.122. The van der Waals surface area contributed by atoms with E-state index in [1.165, 1.54) is 0 Å². The number of hydrogen-bond donors (Lipinski definition) is 2. The van der Waals surface area contributed by atoms with Gasteiger partial charge in [0.05, 0.1) is 12.7 Å². The second-order valence-corrected chi connectivity index (χ2v) is 10.7. The molecule has 10 heteroatoms. The van der Waals surface area contributed by atoms with Crippen molar-refractivity contribution in [3.63, 3.8) is 0 Å². The lowest BCUT2D eigenvalue weighted by Gasteiger charge is -2.35. The second-order valence-electron chi connectivity index (χ2n) is 10.7. The Labute approximate surface area is 226 Å². The van der Waals surface area contributed by atoms with E-state index in [2.05, 4.69) is 32.8 Å². The predicted molar refractivity (Wildman–Crippen MR) is 144 cm³/mol. The Bertz CT molecular complexity index is 1450. The van der Waals surface area contributed by atoms with Crippen molar-refractivity contribution in [3.8, 4) is 11.1 Å². The van der Waals surface area contributed by atoms with Gasteiger partial charge in [0, 0.05) is 74.4 Å². The van der Waals surface area contributed by atoms with Crippen LogP contribution in [0.25, 0.3) is 11.1 Å². The minimum atomic E-state index is -2.64. The molecule has 3 aromatic rings. The van der Waals surface area contributed by atoms with E-state index in [1.54, 1.807) is 42.1 Å². The van der Waals surface area contributed by atoms with Gasteiger partial charge in [-0.25, -0.2) is 13.6 Å². The van der Waals surface area contributed by atoms with E-state index in [0.717, 1.165) is 52.9 Å². The van der Waals surface area contributed by atoms with Gasteiger partial charge in [-0.05, 0) is 65.6 Å². The molecule has 1 atom stereocenters. The van der Waals surface area contributed by atoms with Crippen LogP contribution in [0.15, 0.2) is 36.7 Å². The highest BCUT2D eigenvalue weighted by molar-refractivity contribution is 5.81. The first-order valence-electron chi connectivity index (χ1n) is 13.4. The van der Waals surface area contributed by atoms with Crippen molar-refractivity contribution in [2.75, 3.05) is 25.0 Å². The SMILES string of the molecule is CNC(=O)N1Cc2cc(C3CCNC(=O)C3)cc(N3CCCc4cc(-c5cnn(C)c5)c(C(F)F)cc43)c2C1. The Balaban J connectivity index is 1.48. The summed E-state index contributed by atoms with van der Waals surface area (Å²) >= 11 is 0. The summed E-state index contributed by atoms with van der Waals surface area (Å²) in [7, 11) is 3.39. The number of amides is 3. The minimum Gasteiger partial charge on any atom is -0.356 e. The van der Waals surface area contributed by atoms with Crippen molar-refractivity contribution in [1.29, 1.82) is 0 Å². The zero-order chi connectivity index (χ0) is 27.3. The normalized spacial score (nSPS) is 18.7. The van der Waals surface area contributed by atoms with Crippen molar-refractivity contribution in [3.05, 3.63) is 64.5 Å². The number of alkyl halides is 2. The molecule has 1 unspecified atom stereocenters. The van der Waals surface area contributed by atoms with E-state index < -0.39 is 6.43 Å². The summed E-state index contributed by atoms with van der Waals surface area (Å²) in [5.74, 6) is 0.110. The fourth-order valence-electron chi connectivity index (χ4n) is 6.25. The summed E-state index contributed by atoms with van der Waals surface area (Å²) in [4.78, 5) is 28.7. The molecule has 4 heterocycles. The summed E-state index contributed by atoms with van der Waals surface area (Å²) in [5, 5.41) is 9.81. The first-order chi connectivity index (χ1) is 18.8. The molecular formula is C29H32F2N6O2. The molecule has 1 aromatic heterocycles. The van der Waals surface area contributed by atoms with Gasteiger partial charge < -0.3 is 20.4 Å². The van der Waals surface area contributed by atoms with Gasteiger partial charge in [-0.2, -0.15) is 5.10 Å². The van der Waals surface area contributed by atoms with Crippen LogP contribution in [0.4, 0.5) is 25.0 Å². The standard InChI is InChI=1S/C29H32F2N6O2/c1-32-29(39)36-15-20-8-19(17-5-6-33-27(38)11-17)10-26(24(20)16-36)37-7-3-4-18-9-22(21-13-34-35(2)14-21)23(28(30)31)12-25(18)37/h8-10,12-14,17,28H,3-7,11,15-16H2,1-2H3,(H,32,39)(H,33,38). The molecule has 1 fully saturated rings. The highest BCUT2D eigenvalue weighted by atomic mass is 19.3. The van der Waals surface area contributed by atoms with Crippen LogP contribution in [-0.4, -0.2) is 46.8 Å². The number of anilines is 2. The molecular weight excluding hydrogens is 502 g/mol. The van der Waals surface area contributed by atoms with Crippen LogP contribution >= 0.6 is 0 Å². The number of aryl methyl sites for hydroxylation is 2. The molecule has 0 bridgehead atoms. The third-order valence-electron chi connectivity index (χ3n) is 8.18. The Kier molecular flexibility index (Phi) is 6.48. The van der Waals surface area contributed by atoms with E-state index >= 15 is 0 Å². The first kappa shape index (κ1) is 25.3. The molecule has 1 saturated heterocycles. The first-order valence-corrected chi connectivity index (χ1v) is 13.4. The number of hydrogen-bond acceptors (Lipinski definition) is 4. The van der Waals surface area contributed by atoms with Gasteiger partial charge in [0.15, 0.2) is 0 Å². The number of nitrogens with one attached hydrogen (secondary N) is 2. The van der Waals surface area contributed by atoms with Crippen LogP contribution in [0.1, 0.15) is 59.4 Å². The fraction of sp³-hybridized carbons (Fsp3) is 0.414. The fourth-order valence-corrected chi connectivity index (χ4v) is 6.25. The van der Waals surface area contributed by atoms with Crippen LogP contribution in [0.5, 0.6) is 0 Å². The van der Waals surface area contributed by atoms with Crippen LogP contribution < -0.4 is 15.5 Å². The van der Waals surface area contributed by atoms with Gasteiger partial charge in [0.2, 0.25) is 5.91 Å². The molecule has 204 valence electrons. The van der Waals surface area contributed by atoms with Gasteiger partial charge in [0.25, 0.3) is 6.43 Å². The maximum Gasteiger partial charge on any atom is 0.317 e. The summed E-state index contributed by atoms with van der Waals surface area (Å²) in [5.41, 5.74) is 7.04. The van der Waals surface area contributed by atoms with Gasteiger partial charge >= 0.3 is 6.03 Å². The number of urea groups is 1. The van der Waals surface area contributed by atoms with Gasteiger partial charge in [-0.1, -0.05) is 6.07 Å². The zero-order valence-corrected chi connectivity index (χ0v) is 22.1. The van der Waals surface area contributed by atoms with E-state index in [9.17, 15) is 18.4 Å². The third kappa shape index (κ3) is 4.62. The quantitative estimate of drug-likeness (QED) is 0.506. The average molecular weight is 535 g/mol. The lowest BCUT2D eigenvalue weighted by atomic mass is 9.86. The molecule has 39 heavy (non-hydrogen) atoms. The summed E-state index contributed by atoms with van der Waals surface area (Å²) < 4.78 is 30.5. The Morgan fingerprint density at radius 2 is 2.00 bits per heavy atom. The molecule has 0 spiro atoms. The van der Waals surface area contributed by atoms with E-state index in [-0.39, 0.29) is 23.4 Å². The van der Waals surface area contributed by atoms with Gasteiger partial charge in [-0.15, -0.1) is 0 Å². The Hall–Kier alpha value is -3.95. The summed E-state index contributed by atoms with van der Waals surface area (Å²) in [6.45, 7) is 2.22. The van der Waals surface area contributed by atoms with Crippen LogP contribution in [0, 0.1) is 0 Å². The van der Waals surface area contributed by atoms with Crippen LogP contribution in [0.2, 0.25) is 0 Å². The minimum absolute atomic E-state index is 0.0163. The van der Waals surface area contributed by atoms with Crippen molar-refractivity contribution in [2.45, 2.75) is 51.1 Å². The molecule has 3 aliphatic rings. The molecule has 3 aliphatic heterocycles. The molecule has 2 N–H and O–H groups in total. The number of carbonyl (C=O) groups excluding carboxylic acids is 2. The summed E-state index contributed by atoms with van der Waals surface area (Å²) in [6.07, 6.45) is 3.66. The molecule has 3 amide bonds. The lowest BCUT2D eigenvalue weighted by Crippen LogP contribution is -2.34. The van der Waals surface area contributed by atoms with Crippen molar-refractivity contribution < 1.29 is 18.4 Å². The van der Waals surface area contributed by atoms with Crippen molar-refractivity contribution in [2.24, 2.45) is 7.05 Å². The van der Waals surface area contributed by atoms with E-state index in [1.807, 2.05) is 6.07 Å². The smallest absolute Gasteiger partial charge is 0.317 e. The van der Waals surface area contributed by atoms with Crippen LogP contribution in [-0.2, 0) is 31.4 Å². The molecule has 6 rings (SSSR count). The number of halogens is 2. The number of piperidine rings is 1. The maximum atomic E-state index is 14.4. The summed E-state index contributed by atoms with van der Waals surface area (Å²) in [6, 6.07) is 7.64. The topological polar surface area (TPSA) is 82.5 Å². The van der Waals surface area contributed by atoms with Gasteiger partial charge in [0.1, 0.15) is 0 Å². The number of aromatic nitrogens is 2. The number of carbonyl (C=O) groups is 2. The molecule has 0 radical (unpaired) electrons. The zero-order valence-electron chi connectivity index (χ0n) is 22.1. The molecule has 0 saturated carbocycles. The Morgan fingerprint density at radius 1 is 1.15 bits per heavy atom. The number of fused-ring (bicyclic) bond motifs is 2. The van der Waals surface area contributed by atoms with E-state index in [0.29, 0.717) is 43.7 Å². The Morgan fingerprint density at radius 3 is 2.72 bits per heavy atom. The van der Waals surface area contributed by atoms with Crippen LogP contribution in [0.3, 0.4) is 0 Å². The highest BCUT2D eigenvalue weighted by Crippen LogP contribution is 2.45. The molecule has 0 aliphatic carbocycles. The number of nitrogens with zero attached hydrogens (tertiary/aromatic N) is 4. The third-order valence-corrected chi connectivity index (χ3v) is 8.18. The number of benzene rings is 2. The highest BCUT2D eigenvalue weighted by Gasteiger charge is 2.32. The monoisotopic (exact) mass is 534 g/mol. The maximum absolute atomic E-state index is 14.4. The molecule has 2 aromatic carbocycles. The predicted octanol–water partition coefficient (Wildman–Crippen LogP) is 4.76. The number of rotatable bonds is 4. The largest absolute Gasteiger partial charge is 0.356 e. The van der Waals surface area contributed by atoms with E-state index in [4.69, 9.17) is 0 Å².